The highest BCUT2D eigenvalue weighted by molar-refractivity contribution is 5.94. The van der Waals surface area contributed by atoms with Crippen LogP contribution in [0.15, 0.2) is 61.1 Å². The van der Waals surface area contributed by atoms with E-state index in [0.29, 0.717) is 17.4 Å². The van der Waals surface area contributed by atoms with Gasteiger partial charge in [-0.2, -0.15) is 5.10 Å². The standard InChI is InChI=1S/C22H22N6O/c1-14(2)18-13-25-28-11-9-16(12-20(18)28)19-8-10-24-22(27-19)26-17-6-4-15(5-7-17)21(29)23-3/h4-14H,1-3H3,(H,23,29)(H,24,26,27). The molecule has 1 aromatic carbocycles. The number of nitrogens with one attached hydrogen (secondary N) is 2. The Hall–Kier alpha value is -3.74. The zero-order valence-electron chi connectivity index (χ0n) is 16.5. The summed E-state index contributed by atoms with van der Waals surface area (Å²) in [5.41, 5.74) is 5.51. The van der Waals surface area contributed by atoms with E-state index in [2.05, 4.69) is 45.6 Å². The van der Waals surface area contributed by atoms with Gasteiger partial charge in [-0.05, 0) is 48.4 Å². The largest absolute Gasteiger partial charge is 0.355 e. The van der Waals surface area contributed by atoms with Crippen LogP contribution >= 0.6 is 0 Å². The van der Waals surface area contributed by atoms with Crippen molar-refractivity contribution in [3.63, 3.8) is 0 Å². The zero-order valence-corrected chi connectivity index (χ0v) is 16.5. The van der Waals surface area contributed by atoms with E-state index < -0.39 is 0 Å². The monoisotopic (exact) mass is 386 g/mol. The lowest BCUT2D eigenvalue weighted by Crippen LogP contribution is -2.17. The van der Waals surface area contributed by atoms with E-state index in [1.165, 1.54) is 5.56 Å². The third-order valence-corrected chi connectivity index (χ3v) is 4.75. The maximum absolute atomic E-state index is 11.7. The molecular weight excluding hydrogens is 364 g/mol. The molecule has 0 atom stereocenters. The van der Waals surface area contributed by atoms with Gasteiger partial charge >= 0.3 is 0 Å². The molecule has 2 N–H and O–H groups in total. The summed E-state index contributed by atoms with van der Waals surface area (Å²) < 4.78 is 1.88. The second kappa shape index (κ2) is 7.71. The number of carbonyl (C=O) groups is 1. The third-order valence-electron chi connectivity index (χ3n) is 4.75. The molecule has 1 amide bonds. The van der Waals surface area contributed by atoms with Crippen molar-refractivity contribution in [3.05, 3.63) is 72.2 Å². The van der Waals surface area contributed by atoms with Gasteiger partial charge in [-0.25, -0.2) is 14.5 Å². The number of carbonyl (C=O) groups excluding carboxylic acids is 1. The van der Waals surface area contributed by atoms with Crippen LogP contribution in [0.3, 0.4) is 0 Å². The van der Waals surface area contributed by atoms with Gasteiger partial charge in [0.25, 0.3) is 5.91 Å². The molecule has 7 nitrogen and oxygen atoms in total. The highest BCUT2D eigenvalue weighted by atomic mass is 16.1. The van der Waals surface area contributed by atoms with Crippen LogP contribution in [0.25, 0.3) is 16.8 Å². The molecule has 0 bridgehead atoms. The van der Waals surface area contributed by atoms with Crippen LogP contribution in [0.4, 0.5) is 11.6 Å². The summed E-state index contributed by atoms with van der Waals surface area (Å²) >= 11 is 0. The van der Waals surface area contributed by atoms with Gasteiger partial charge in [0, 0.05) is 41.8 Å². The summed E-state index contributed by atoms with van der Waals surface area (Å²) in [6.45, 7) is 4.32. The molecule has 7 heteroatoms. The Kier molecular flexibility index (Phi) is 4.95. The Labute approximate surface area is 168 Å². The summed E-state index contributed by atoms with van der Waals surface area (Å²) in [4.78, 5) is 20.6. The molecule has 3 heterocycles. The molecule has 0 aliphatic heterocycles. The average molecular weight is 386 g/mol. The highest BCUT2D eigenvalue weighted by Crippen LogP contribution is 2.25. The molecule has 0 spiro atoms. The summed E-state index contributed by atoms with van der Waals surface area (Å²) in [6.07, 6.45) is 5.59. The zero-order chi connectivity index (χ0) is 20.4. The van der Waals surface area contributed by atoms with Gasteiger partial charge in [0.05, 0.1) is 17.4 Å². The first-order valence-electron chi connectivity index (χ1n) is 9.45. The first-order chi connectivity index (χ1) is 14.0. The topological polar surface area (TPSA) is 84.2 Å². The molecule has 4 aromatic rings. The van der Waals surface area contributed by atoms with Crippen LogP contribution in [0.5, 0.6) is 0 Å². The Morgan fingerprint density at radius 3 is 2.62 bits per heavy atom. The van der Waals surface area contributed by atoms with E-state index in [9.17, 15) is 4.79 Å². The van der Waals surface area contributed by atoms with Gasteiger partial charge in [0.15, 0.2) is 0 Å². The molecule has 146 valence electrons. The molecule has 0 radical (unpaired) electrons. The SMILES string of the molecule is CNC(=O)c1ccc(Nc2nccc(-c3ccn4ncc(C(C)C)c4c3)n2)cc1. The fourth-order valence-electron chi connectivity index (χ4n) is 3.16. The number of aromatic nitrogens is 4. The molecule has 29 heavy (non-hydrogen) atoms. The third kappa shape index (κ3) is 3.80. The Bertz CT molecular complexity index is 1160. The summed E-state index contributed by atoms with van der Waals surface area (Å²) in [6, 6.07) is 13.2. The van der Waals surface area contributed by atoms with E-state index in [1.807, 2.05) is 41.2 Å². The number of rotatable bonds is 5. The number of hydrogen-bond donors (Lipinski definition) is 2. The minimum Gasteiger partial charge on any atom is -0.355 e. The van der Waals surface area contributed by atoms with Gasteiger partial charge in [0.1, 0.15) is 0 Å². The van der Waals surface area contributed by atoms with Crippen molar-refractivity contribution in [1.82, 2.24) is 24.9 Å². The molecule has 0 saturated carbocycles. The first kappa shape index (κ1) is 18.6. The van der Waals surface area contributed by atoms with E-state index in [4.69, 9.17) is 0 Å². The second-order valence-electron chi connectivity index (χ2n) is 7.05. The van der Waals surface area contributed by atoms with Gasteiger partial charge < -0.3 is 10.6 Å². The first-order valence-corrected chi connectivity index (χ1v) is 9.45. The fraction of sp³-hybridized carbons (Fsp3) is 0.182. The predicted octanol–water partition coefficient (Wildman–Crippen LogP) is 4.02. The van der Waals surface area contributed by atoms with Crippen LogP contribution < -0.4 is 10.6 Å². The molecule has 0 aliphatic rings. The lowest BCUT2D eigenvalue weighted by atomic mass is 10.0. The summed E-state index contributed by atoms with van der Waals surface area (Å²) in [5, 5.41) is 10.2. The number of amides is 1. The van der Waals surface area contributed by atoms with Gasteiger partial charge in [-0.15, -0.1) is 0 Å². The smallest absolute Gasteiger partial charge is 0.251 e. The van der Waals surface area contributed by atoms with Crippen molar-refractivity contribution in [2.75, 3.05) is 12.4 Å². The normalized spacial score (nSPS) is 11.0. The molecule has 3 aromatic heterocycles. The Morgan fingerprint density at radius 2 is 1.90 bits per heavy atom. The highest BCUT2D eigenvalue weighted by Gasteiger charge is 2.10. The van der Waals surface area contributed by atoms with Crippen molar-refractivity contribution in [3.8, 4) is 11.3 Å². The average Bonchev–Trinajstić information content (AvgIpc) is 3.17. The number of benzene rings is 1. The second-order valence-corrected chi connectivity index (χ2v) is 7.05. The Morgan fingerprint density at radius 1 is 1.10 bits per heavy atom. The predicted molar refractivity (Wildman–Crippen MR) is 113 cm³/mol. The minimum absolute atomic E-state index is 0.120. The van der Waals surface area contributed by atoms with Crippen molar-refractivity contribution in [1.29, 1.82) is 0 Å². The van der Waals surface area contributed by atoms with Gasteiger partial charge in [0.2, 0.25) is 5.95 Å². The van der Waals surface area contributed by atoms with Crippen LogP contribution in [0.2, 0.25) is 0 Å². The van der Waals surface area contributed by atoms with Crippen molar-refractivity contribution >= 4 is 23.1 Å². The van der Waals surface area contributed by atoms with E-state index in [-0.39, 0.29) is 5.91 Å². The maximum atomic E-state index is 11.7. The lowest BCUT2D eigenvalue weighted by molar-refractivity contribution is 0.0963. The van der Waals surface area contributed by atoms with Crippen molar-refractivity contribution < 1.29 is 4.79 Å². The van der Waals surface area contributed by atoms with Gasteiger partial charge in [-0.1, -0.05) is 13.8 Å². The molecule has 4 rings (SSSR count). The molecule has 0 fully saturated rings. The lowest BCUT2D eigenvalue weighted by Gasteiger charge is -2.08. The van der Waals surface area contributed by atoms with E-state index in [0.717, 1.165) is 22.5 Å². The fourth-order valence-corrected chi connectivity index (χ4v) is 3.16. The molecule has 0 aliphatic carbocycles. The number of hydrogen-bond acceptors (Lipinski definition) is 5. The Balaban J connectivity index is 1.61. The number of anilines is 2. The number of fused-ring (bicyclic) bond motifs is 1. The molecule has 0 saturated heterocycles. The van der Waals surface area contributed by atoms with Crippen molar-refractivity contribution in [2.45, 2.75) is 19.8 Å². The quantitative estimate of drug-likeness (QED) is 0.541. The van der Waals surface area contributed by atoms with Crippen LogP contribution in [0.1, 0.15) is 35.7 Å². The van der Waals surface area contributed by atoms with Crippen LogP contribution in [0, 0.1) is 0 Å². The minimum atomic E-state index is -0.120. The molecule has 0 unspecified atom stereocenters. The maximum Gasteiger partial charge on any atom is 0.251 e. The number of pyridine rings is 1. The van der Waals surface area contributed by atoms with E-state index >= 15 is 0 Å². The van der Waals surface area contributed by atoms with Crippen molar-refractivity contribution in [2.24, 2.45) is 0 Å². The van der Waals surface area contributed by atoms with Crippen LogP contribution in [-0.4, -0.2) is 32.5 Å². The van der Waals surface area contributed by atoms with E-state index in [1.54, 1.807) is 25.4 Å². The number of nitrogens with zero attached hydrogens (tertiary/aromatic N) is 4. The molecular formula is C22H22N6O. The summed E-state index contributed by atoms with van der Waals surface area (Å²) in [7, 11) is 1.61. The summed E-state index contributed by atoms with van der Waals surface area (Å²) in [5.74, 6) is 0.765. The van der Waals surface area contributed by atoms with Gasteiger partial charge in [-0.3, -0.25) is 4.79 Å². The van der Waals surface area contributed by atoms with Crippen LogP contribution in [-0.2, 0) is 0 Å².